The first-order valence-corrected chi connectivity index (χ1v) is 6.73. The van der Waals surface area contributed by atoms with Gasteiger partial charge in [0.25, 0.3) is 0 Å². The van der Waals surface area contributed by atoms with Gasteiger partial charge >= 0.3 is 12.0 Å². The van der Waals surface area contributed by atoms with Crippen LogP contribution in [0.3, 0.4) is 0 Å². The lowest BCUT2D eigenvalue weighted by Crippen LogP contribution is -2.47. The number of carboxylic acids is 1. The summed E-state index contributed by atoms with van der Waals surface area (Å²) in [6.45, 7) is 5.80. The van der Waals surface area contributed by atoms with E-state index in [1.54, 1.807) is 13.8 Å². The van der Waals surface area contributed by atoms with Crippen LogP contribution in [0, 0.1) is 0 Å². The van der Waals surface area contributed by atoms with Gasteiger partial charge in [0.2, 0.25) is 0 Å². The summed E-state index contributed by atoms with van der Waals surface area (Å²) in [4.78, 5) is 24.1. The maximum absolute atomic E-state index is 12.0. The molecule has 5 heteroatoms. The number of nitrogens with one attached hydrogen (secondary N) is 1. The fourth-order valence-corrected chi connectivity index (χ4v) is 1.88. The third-order valence-electron chi connectivity index (χ3n) is 3.12. The Hall–Kier alpha value is -2.04. The minimum atomic E-state index is -1.01. The van der Waals surface area contributed by atoms with Crippen molar-refractivity contribution < 1.29 is 14.7 Å². The van der Waals surface area contributed by atoms with Crippen molar-refractivity contribution in [3.63, 3.8) is 0 Å². The van der Waals surface area contributed by atoms with Crippen LogP contribution < -0.4 is 5.32 Å². The standard InChI is InChI=1S/C15H22N2O3/c1-11(2)17(10-14(18)19)15(20)16-9-12(3)13-7-5-4-6-8-13/h4-8,11-12H,9-10H2,1-3H3,(H,16,20)(H,18,19). The van der Waals surface area contributed by atoms with Crippen LogP contribution in [0.2, 0.25) is 0 Å². The van der Waals surface area contributed by atoms with Gasteiger partial charge in [-0.15, -0.1) is 0 Å². The molecule has 0 radical (unpaired) electrons. The molecule has 0 saturated heterocycles. The van der Waals surface area contributed by atoms with Crippen LogP contribution in [0.4, 0.5) is 4.79 Å². The number of aliphatic carboxylic acids is 1. The molecule has 1 aromatic rings. The third kappa shape index (κ3) is 4.91. The Morgan fingerprint density at radius 1 is 1.20 bits per heavy atom. The average molecular weight is 278 g/mol. The summed E-state index contributed by atoms with van der Waals surface area (Å²) in [5, 5.41) is 11.6. The van der Waals surface area contributed by atoms with Crippen LogP contribution in [0.25, 0.3) is 0 Å². The molecule has 1 atom stereocenters. The molecular formula is C15H22N2O3. The molecule has 2 amide bonds. The Balaban J connectivity index is 2.55. The molecule has 1 aromatic carbocycles. The fraction of sp³-hybridized carbons (Fsp3) is 0.467. The van der Waals surface area contributed by atoms with E-state index in [0.29, 0.717) is 6.54 Å². The first-order chi connectivity index (χ1) is 9.41. The summed E-state index contributed by atoms with van der Waals surface area (Å²) in [5.41, 5.74) is 1.14. The molecule has 0 bridgehead atoms. The van der Waals surface area contributed by atoms with Crippen molar-refractivity contribution in [2.24, 2.45) is 0 Å². The van der Waals surface area contributed by atoms with E-state index in [1.165, 1.54) is 4.90 Å². The number of hydrogen-bond acceptors (Lipinski definition) is 2. The predicted octanol–water partition coefficient (Wildman–Crippen LogP) is 2.29. The second-order valence-corrected chi connectivity index (χ2v) is 5.11. The molecule has 1 unspecified atom stereocenters. The molecule has 0 aliphatic heterocycles. The van der Waals surface area contributed by atoms with Gasteiger partial charge in [-0.25, -0.2) is 4.79 Å². The number of carbonyl (C=O) groups is 2. The number of carbonyl (C=O) groups excluding carboxylic acids is 1. The van der Waals surface area contributed by atoms with Crippen LogP contribution in [0.5, 0.6) is 0 Å². The second kappa shape index (κ2) is 7.53. The van der Waals surface area contributed by atoms with E-state index in [1.807, 2.05) is 37.3 Å². The Labute approximate surface area is 119 Å². The predicted molar refractivity (Wildman–Crippen MR) is 77.7 cm³/mol. The second-order valence-electron chi connectivity index (χ2n) is 5.11. The molecule has 0 saturated carbocycles. The molecule has 20 heavy (non-hydrogen) atoms. The molecule has 5 nitrogen and oxygen atoms in total. The zero-order valence-corrected chi connectivity index (χ0v) is 12.2. The Morgan fingerprint density at radius 2 is 1.80 bits per heavy atom. The number of amides is 2. The largest absolute Gasteiger partial charge is 0.480 e. The van der Waals surface area contributed by atoms with E-state index < -0.39 is 5.97 Å². The van der Waals surface area contributed by atoms with E-state index in [-0.39, 0.29) is 24.5 Å². The highest BCUT2D eigenvalue weighted by Crippen LogP contribution is 2.13. The maximum Gasteiger partial charge on any atom is 0.323 e. The van der Waals surface area contributed by atoms with Crippen LogP contribution in [-0.4, -0.2) is 41.1 Å². The highest BCUT2D eigenvalue weighted by Gasteiger charge is 2.20. The Kier molecular flexibility index (Phi) is 6.03. The van der Waals surface area contributed by atoms with Crippen molar-refractivity contribution >= 4 is 12.0 Å². The smallest absolute Gasteiger partial charge is 0.323 e. The van der Waals surface area contributed by atoms with Crippen molar-refractivity contribution in [3.05, 3.63) is 35.9 Å². The monoisotopic (exact) mass is 278 g/mol. The van der Waals surface area contributed by atoms with Crippen molar-refractivity contribution in [1.82, 2.24) is 10.2 Å². The molecule has 2 N–H and O–H groups in total. The first kappa shape index (κ1) is 16.0. The number of rotatable bonds is 6. The normalized spacial score (nSPS) is 12.0. The SMILES string of the molecule is CC(CNC(=O)N(CC(=O)O)C(C)C)c1ccccc1. The van der Waals surface area contributed by atoms with Crippen molar-refractivity contribution in [1.29, 1.82) is 0 Å². The Morgan fingerprint density at radius 3 is 2.30 bits per heavy atom. The van der Waals surface area contributed by atoms with Crippen LogP contribution >= 0.6 is 0 Å². The third-order valence-corrected chi connectivity index (χ3v) is 3.12. The summed E-state index contributed by atoms with van der Waals surface area (Å²) < 4.78 is 0. The van der Waals surface area contributed by atoms with Crippen LogP contribution in [0.15, 0.2) is 30.3 Å². The number of nitrogens with zero attached hydrogens (tertiary/aromatic N) is 1. The van der Waals surface area contributed by atoms with Crippen molar-refractivity contribution in [2.75, 3.05) is 13.1 Å². The van der Waals surface area contributed by atoms with Gasteiger partial charge in [0.05, 0.1) is 0 Å². The van der Waals surface area contributed by atoms with Crippen molar-refractivity contribution in [2.45, 2.75) is 32.7 Å². The number of carboxylic acid groups (broad SMARTS) is 1. The molecular weight excluding hydrogens is 256 g/mol. The van der Waals surface area contributed by atoms with Gasteiger partial charge in [-0.2, -0.15) is 0 Å². The van der Waals surface area contributed by atoms with E-state index in [0.717, 1.165) is 5.56 Å². The van der Waals surface area contributed by atoms with Gasteiger partial charge in [-0.1, -0.05) is 37.3 Å². The lowest BCUT2D eigenvalue weighted by atomic mass is 10.0. The van der Waals surface area contributed by atoms with Crippen molar-refractivity contribution in [3.8, 4) is 0 Å². The zero-order chi connectivity index (χ0) is 15.1. The molecule has 0 heterocycles. The van der Waals surface area contributed by atoms with E-state index in [2.05, 4.69) is 5.32 Å². The summed E-state index contributed by atoms with van der Waals surface area (Å²) in [5.74, 6) is -0.830. The molecule has 0 aliphatic rings. The quantitative estimate of drug-likeness (QED) is 0.838. The molecule has 110 valence electrons. The average Bonchev–Trinajstić information content (AvgIpc) is 2.42. The molecule has 0 spiro atoms. The van der Waals surface area contributed by atoms with E-state index in [4.69, 9.17) is 5.11 Å². The van der Waals surface area contributed by atoms with Gasteiger partial charge in [0, 0.05) is 12.6 Å². The van der Waals surface area contributed by atoms with Crippen LogP contribution in [-0.2, 0) is 4.79 Å². The summed E-state index contributed by atoms with van der Waals surface area (Å²) in [6, 6.07) is 9.38. The lowest BCUT2D eigenvalue weighted by Gasteiger charge is -2.26. The van der Waals surface area contributed by atoms with Gasteiger partial charge in [-0.3, -0.25) is 4.79 Å². The number of benzene rings is 1. The molecule has 1 rings (SSSR count). The fourth-order valence-electron chi connectivity index (χ4n) is 1.88. The number of hydrogen-bond donors (Lipinski definition) is 2. The Bertz CT molecular complexity index is 446. The van der Waals surface area contributed by atoms with Gasteiger partial charge in [0.1, 0.15) is 6.54 Å². The zero-order valence-electron chi connectivity index (χ0n) is 12.2. The van der Waals surface area contributed by atoms with Gasteiger partial charge in [0.15, 0.2) is 0 Å². The highest BCUT2D eigenvalue weighted by atomic mass is 16.4. The highest BCUT2D eigenvalue weighted by molar-refractivity contribution is 5.80. The molecule has 0 aromatic heterocycles. The van der Waals surface area contributed by atoms with E-state index in [9.17, 15) is 9.59 Å². The van der Waals surface area contributed by atoms with Gasteiger partial charge in [-0.05, 0) is 25.3 Å². The summed E-state index contributed by atoms with van der Waals surface area (Å²) >= 11 is 0. The molecule has 0 aliphatic carbocycles. The number of urea groups is 1. The topological polar surface area (TPSA) is 69.6 Å². The lowest BCUT2D eigenvalue weighted by molar-refractivity contribution is -0.138. The van der Waals surface area contributed by atoms with E-state index >= 15 is 0 Å². The summed E-state index contributed by atoms with van der Waals surface area (Å²) in [7, 11) is 0. The molecule has 0 fully saturated rings. The minimum absolute atomic E-state index is 0.155. The maximum atomic E-state index is 12.0. The summed E-state index contributed by atoms with van der Waals surface area (Å²) in [6.07, 6.45) is 0. The van der Waals surface area contributed by atoms with Crippen LogP contribution in [0.1, 0.15) is 32.3 Å². The first-order valence-electron chi connectivity index (χ1n) is 6.73. The van der Waals surface area contributed by atoms with Gasteiger partial charge < -0.3 is 15.3 Å². The minimum Gasteiger partial charge on any atom is -0.480 e.